The molecule has 8 nitrogen and oxygen atoms in total. The van der Waals surface area contributed by atoms with Gasteiger partial charge in [-0.15, -0.1) is 0 Å². The van der Waals surface area contributed by atoms with E-state index in [1.807, 2.05) is 42.5 Å². The third-order valence-electron chi connectivity index (χ3n) is 4.70. The Kier molecular flexibility index (Phi) is 8.56. The number of ether oxygens (including phenoxy) is 2. The molecule has 0 spiro atoms. The molecule has 0 aliphatic rings. The minimum absolute atomic E-state index is 0.0829. The summed E-state index contributed by atoms with van der Waals surface area (Å²) in [5.41, 5.74) is 6.52. The van der Waals surface area contributed by atoms with Crippen molar-refractivity contribution in [3.63, 3.8) is 0 Å². The van der Waals surface area contributed by atoms with Crippen molar-refractivity contribution in [2.45, 2.75) is 18.6 Å². The maximum atomic E-state index is 11.5. The van der Waals surface area contributed by atoms with E-state index in [2.05, 4.69) is 10.3 Å². The van der Waals surface area contributed by atoms with E-state index >= 15 is 0 Å². The molecule has 0 aliphatic carbocycles. The van der Waals surface area contributed by atoms with Crippen LogP contribution < -0.4 is 20.5 Å². The number of hydrogen-bond donors (Lipinski definition) is 4. The Morgan fingerprint density at radius 3 is 2.47 bits per heavy atom. The van der Waals surface area contributed by atoms with Crippen LogP contribution in [-0.4, -0.2) is 53.0 Å². The van der Waals surface area contributed by atoms with E-state index in [0.717, 1.165) is 5.56 Å². The molecule has 0 radical (unpaired) electrons. The van der Waals surface area contributed by atoms with Crippen molar-refractivity contribution < 1.29 is 24.5 Å². The maximum Gasteiger partial charge on any atom is 0.254 e. The number of amides is 1. The number of aliphatic hydroxyl groups excluding tert-OH is 2. The van der Waals surface area contributed by atoms with Gasteiger partial charge in [0.1, 0.15) is 29.8 Å². The Balaban J connectivity index is 1.48. The molecule has 3 aromatic rings. The SMILES string of the molecule is NC(=O)c1cccnc1Oc1ccc(C[C@@H](CO)NCC(O)COc2ccccc2)cc1. The number of aliphatic hydroxyl groups is 2. The molecule has 5 N–H and O–H groups in total. The van der Waals surface area contributed by atoms with E-state index in [9.17, 15) is 15.0 Å². The topological polar surface area (TPSA) is 127 Å². The number of nitrogens with zero attached hydrogens (tertiary/aromatic N) is 1. The highest BCUT2D eigenvalue weighted by molar-refractivity contribution is 5.95. The van der Waals surface area contributed by atoms with Crippen LogP contribution in [0.25, 0.3) is 0 Å². The van der Waals surface area contributed by atoms with Gasteiger partial charge in [0.2, 0.25) is 5.88 Å². The zero-order valence-electron chi connectivity index (χ0n) is 17.6. The summed E-state index contributed by atoms with van der Waals surface area (Å²) in [5, 5.41) is 23.0. The number of hydrogen-bond acceptors (Lipinski definition) is 7. The van der Waals surface area contributed by atoms with Crippen molar-refractivity contribution >= 4 is 5.91 Å². The quantitative estimate of drug-likeness (QED) is 0.341. The molecule has 0 fully saturated rings. The fourth-order valence-corrected chi connectivity index (χ4v) is 3.02. The third-order valence-corrected chi connectivity index (χ3v) is 4.70. The number of nitrogens with one attached hydrogen (secondary N) is 1. The van der Waals surface area contributed by atoms with Crippen molar-refractivity contribution in [1.29, 1.82) is 0 Å². The summed E-state index contributed by atoms with van der Waals surface area (Å²) in [5.74, 6) is 0.741. The number of aromatic nitrogens is 1. The summed E-state index contributed by atoms with van der Waals surface area (Å²) in [7, 11) is 0. The monoisotopic (exact) mass is 437 g/mol. The van der Waals surface area contributed by atoms with E-state index in [-0.39, 0.29) is 37.2 Å². The van der Waals surface area contributed by atoms with Gasteiger partial charge in [-0.25, -0.2) is 4.98 Å². The molecular weight excluding hydrogens is 410 g/mol. The minimum atomic E-state index is -0.710. The van der Waals surface area contributed by atoms with Gasteiger partial charge >= 0.3 is 0 Å². The first kappa shape index (κ1) is 23.2. The Morgan fingerprint density at radius 1 is 1.03 bits per heavy atom. The second-order valence-corrected chi connectivity index (χ2v) is 7.24. The van der Waals surface area contributed by atoms with Gasteiger partial charge in [-0.2, -0.15) is 0 Å². The highest BCUT2D eigenvalue weighted by atomic mass is 16.5. The molecule has 1 heterocycles. The van der Waals surface area contributed by atoms with Crippen LogP contribution in [0.5, 0.6) is 17.4 Å². The van der Waals surface area contributed by atoms with Crippen molar-refractivity contribution in [3.05, 3.63) is 84.1 Å². The van der Waals surface area contributed by atoms with Crippen molar-refractivity contribution in [1.82, 2.24) is 10.3 Å². The highest BCUT2D eigenvalue weighted by Crippen LogP contribution is 2.23. The van der Waals surface area contributed by atoms with Crippen LogP contribution in [0.4, 0.5) is 0 Å². The minimum Gasteiger partial charge on any atom is -0.491 e. The Labute approximate surface area is 186 Å². The van der Waals surface area contributed by atoms with Gasteiger partial charge in [-0.1, -0.05) is 30.3 Å². The lowest BCUT2D eigenvalue weighted by Crippen LogP contribution is -2.41. The number of pyridine rings is 1. The molecule has 2 aromatic carbocycles. The van der Waals surface area contributed by atoms with Gasteiger partial charge in [0.15, 0.2) is 0 Å². The molecule has 1 unspecified atom stereocenters. The third kappa shape index (κ3) is 7.05. The van der Waals surface area contributed by atoms with Crippen molar-refractivity contribution in [3.8, 4) is 17.4 Å². The van der Waals surface area contributed by atoms with Crippen molar-refractivity contribution in [2.75, 3.05) is 19.8 Å². The van der Waals surface area contributed by atoms with E-state index < -0.39 is 12.0 Å². The van der Waals surface area contributed by atoms with Gasteiger partial charge in [-0.3, -0.25) is 4.79 Å². The first-order valence-electron chi connectivity index (χ1n) is 10.3. The number of carbonyl (C=O) groups is 1. The summed E-state index contributed by atoms with van der Waals surface area (Å²) in [6, 6.07) is 19.5. The molecule has 3 rings (SSSR count). The van der Waals surface area contributed by atoms with Gasteiger partial charge < -0.3 is 30.7 Å². The van der Waals surface area contributed by atoms with Crippen LogP contribution in [0, 0.1) is 0 Å². The van der Waals surface area contributed by atoms with Crippen LogP contribution in [0.3, 0.4) is 0 Å². The summed E-state index contributed by atoms with van der Waals surface area (Å²) in [4.78, 5) is 15.5. The zero-order chi connectivity index (χ0) is 22.8. The predicted octanol–water partition coefficient (Wildman–Crippen LogP) is 1.91. The lowest BCUT2D eigenvalue weighted by atomic mass is 10.1. The van der Waals surface area contributed by atoms with E-state index in [1.165, 1.54) is 6.20 Å². The normalized spacial score (nSPS) is 12.7. The largest absolute Gasteiger partial charge is 0.491 e. The first-order valence-corrected chi connectivity index (χ1v) is 10.3. The fraction of sp³-hybridized carbons (Fsp3) is 0.250. The zero-order valence-corrected chi connectivity index (χ0v) is 17.6. The van der Waals surface area contributed by atoms with Crippen molar-refractivity contribution in [2.24, 2.45) is 5.73 Å². The Morgan fingerprint density at radius 2 is 1.78 bits per heavy atom. The van der Waals surface area contributed by atoms with E-state index in [4.69, 9.17) is 15.2 Å². The molecule has 0 saturated carbocycles. The smallest absolute Gasteiger partial charge is 0.254 e. The average Bonchev–Trinajstić information content (AvgIpc) is 2.82. The highest BCUT2D eigenvalue weighted by Gasteiger charge is 2.13. The number of para-hydroxylation sites is 1. The van der Waals surface area contributed by atoms with Crippen LogP contribution in [-0.2, 0) is 6.42 Å². The molecule has 168 valence electrons. The molecule has 1 aromatic heterocycles. The van der Waals surface area contributed by atoms with E-state index in [1.54, 1.807) is 24.3 Å². The molecule has 1 amide bonds. The molecule has 2 atom stereocenters. The number of nitrogens with two attached hydrogens (primary N) is 1. The van der Waals surface area contributed by atoms with Gasteiger partial charge in [-0.05, 0) is 48.4 Å². The average molecular weight is 437 g/mol. The van der Waals surface area contributed by atoms with Crippen LogP contribution in [0.15, 0.2) is 72.9 Å². The van der Waals surface area contributed by atoms with Crippen LogP contribution in [0.1, 0.15) is 15.9 Å². The molecule has 32 heavy (non-hydrogen) atoms. The summed E-state index contributed by atoms with van der Waals surface area (Å²) in [6.07, 6.45) is 1.37. The van der Waals surface area contributed by atoms with E-state index in [0.29, 0.717) is 17.9 Å². The fourth-order valence-electron chi connectivity index (χ4n) is 3.02. The number of rotatable bonds is 12. The summed E-state index contributed by atoms with van der Waals surface area (Å²) in [6.45, 7) is 0.358. The molecule has 0 aliphatic heterocycles. The van der Waals surface area contributed by atoms with Gasteiger partial charge in [0.25, 0.3) is 5.91 Å². The summed E-state index contributed by atoms with van der Waals surface area (Å²) >= 11 is 0. The molecule has 0 bridgehead atoms. The molecule has 0 saturated heterocycles. The Hall–Kier alpha value is -3.46. The molecule has 8 heteroatoms. The van der Waals surface area contributed by atoms with Gasteiger partial charge in [0, 0.05) is 18.8 Å². The number of carbonyl (C=O) groups excluding carboxylic acids is 1. The van der Waals surface area contributed by atoms with Crippen LogP contribution in [0.2, 0.25) is 0 Å². The maximum absolute atomic E-state index is 11.5. The lowest BCUT2D eigenvalue weighted by molar-refractivity contribution is 0.0994. The number of primary amides is 1. The second kappa shape index (κ2) is 11.8. The first-order chi connectivity index (χ1) is 15.5. The Bertz CT molecular complexity index is 982. The standard InChI is InChI=1S/C24H27N3O5/c25-23(30)22-7-4-12-26-24(22)32-21-10-8-17(9-11-21)13-18(15-28)27-14-19(29)16-31-20-5-2-1-3-6-20/h1-12,18-19,27-29H,13-16H2,(H2,25,30)/t18-,19?/m0/s1. The predicted molar refractivity (Wildman–Crippen MR) is 120 cm³/mol. The lowest BCUT2D eigenvalue weighted by Gasteiger charge is -2.19. The van der Waals surface area contributed by atoms with Crippen LogP contribution >= 0.6 is 0 Å². The summed E-state index contributed by atoms with van der Waals surface area (Å²) < 4.78 is 11.2. The molecular formula is C24H27N3O5. The van der Waals surface area contributed by atoms with Gasteiger partial charge in [0.05, 0.1) is 6.61 Å². The number of benzene rings is 2. The second-order valence-electron chi connectivity index (χ2n) is 7.24.